The largest absolute Gasteiger partial charge is 0.434 e. The monoisotopic (exact) mass is 357 g/mol. The smallest absolute Gasteiger partial charge is 0.387 e. The maximum Gasteiger partial charge on any atom is 0.387 e. The van der Waals surface area contributed by atoms with Crippen LogP contribution in [0.3, 0.4) is 0 Å². The first-order chi connectivity index (χ1) is 12.5. The second-order valence-electron chi connectivity index (χ2n) is 5.71. The molecule has 1 heterocycles. The summed E-state index contributed by atoms with van der Waals surface area (Å²) in [5.74, 6) is -0.421. The highest BCUT2D eigenvalue weighted by Gasteiger charge is 2.16. The van der Waals surface area contributed by atoms with Crippen LogP contribution >= 0.6 is 0 Å². The molecule has 0 aliphatic carbocycles. The minimum atomic E-state index is -3.00. The van der Waals surface area contributed by atoms with Gasteiger partial charge in [0.2, 0.25) is 0 Å². The van der Waals surface area contributed by atoms with Gasteiger partial charge in [-0.3, -0.25) is 9.48 Å². The third-order valence-corrected chi connectivity index (χ3v) is 3.70. The molecular weight excluding hydrogens is 340 g/mol. The van der Waals surface area contributed by atoms with Crippen molar-refractivity contribution in [3.8, 4) is 5.75 Å². The Balaban J connectivity index is 1.69. The van der Waals surface area contributed by atoms with Crippen LogP contribution in [0.25, 0.3) is 0 Å². The Labute approximate surface area is 149 Å². The molecule has 0 fully saturated rings. The number of anilines is 1. The van der Waals surface area contributed by atoms with E-state index in [9.17, 15) is 13.6 Å². The number of rotatable bonds is 6. The quantitative estimate of drug-likeness (QED) is 0.723. The first-order valence-electron chi connectivity index (χ1n) is 7.95. The summed E-state index contributed by atoms with van der Waals surface area (Å²) in [6.45, 7) is -0.431. The Hall–Kier alpha value is -3.22. The van der Waals surface area contributed by atoms with Crippen molar-refractivity contribution in [3.05, 3.63) is 77.5 Å². The SMILES string of the molecule is Cc1ccc(Cn2ccc(NC(=O)c3ccccc3OC(F)F)n2)cc1. The average molecular weight is 357 g/mol. The van der Waals surface area contributed by atoms with E-state index in [4.69, 9.17) is 0 Å². The first kappa shape index (κ1) is 17.6. The van der Waals surface area contributed by atoms with E-state index in [-0.39, 0.29) is 11.3 Å². The van der Waals surface area contributed by atoms with Gasteiger partial charge in [0.25, 0.3) is 5.91 Å². The topological polar surface area (TPSA) is 56.2 Å². The number of nitrogens with one attached hydrogen (secondary N) is 1. The van der Waals surface area contributed by atoms with Crippen molar-refractivity contribution in [2.45, 2.75) is 20.1 Å². The Kier molecular flexibility index (Phi) is 5.26. The van der Waals surface area contributed by atoms with Crippen LogP contribution in [0.2, 0.25) is 0 Å². The van der Waals surface area contributed by atoms with E-state index < -0.39 is 12.5 Å². The van der Waals surface area contributed by atoms with Crippen LogP contribution in [-0.2, 0) is 6.54 Å². The molecule has 3 aromatic rings. The number of benzene rings is 2. The molecule has 1 aromatic heterocycles. The van der Waals surface area contributed by atoms with Crippen molar-refractivity contribution in [2.24, 2.45) is 0 Å². The van der Waals surface area contributed by atoms with Gasteiger partial charge in [-0.2, -0.15) is 13.9 Å². The van der Waals surface area contributed by atoms with Crippen LogP contribution in [0.1, 0.15) is 21.5 Å². The van der Waals surface area contributed by atoms with Crippen LogP contribution < -0.4 is 10.1 Å². The van der Waals surface area contributed by atoms with Crippen molar-refractivity contribution in [3.63, 3.8) is 0 Å². The van der Waals surface area contributed by atoms with Crippen LogP contribution in [0.5, 0.6) is 5.75 Å². The van der Waals surface area contributed by atoms with E-state index >= 15 is 0 Å². The molecule has 0 aliphatic rings. The predicted molar refractivity (Wildman–Crippen MR) is 93.5 cm³/mol. The standard InChI is InChI=1S/C19H17F2N3O2/c1-13-6-8-14(9-7-13)12-24-11-10-17(23-24)22-18(25)15-4-2-3-5-16(15)26-19(20)21/h2-11,19H,12H2,1H3,(H,22,23,25). The fraction of sp³-hybridized carbons (Fsp3) is 0.158. The molecule has 26 heavy (non-hydrogen) atoms. The second kappa shape index (κ2) is 7.77. The molecule has 0 unspecified atom stereocenters. The van der Waals surface area contributed by atoms with Crippen molar-refractivity contribution in [1.82, 2.24) is 9.78 Å². The van der Waals surface area contributed by atoms with Gasteiger partial charge in [-0.05, 0) is 24.6 Å². The van der Waals surface area contributed by atoms with Crippen LogP contribution in [-0.4, -0.2) is 22.3 Å². The maximum atomic E-state index is 12.5. The number of hydrogen-bond acceptors (Lipinski definition) is 3. The summed E-state index contributed by atoms with van der Waals surface area (Å²) < 4.78 is 31.0. The van der Waals surface area contributed by atoms with Crippen molar-refractivity contribution >= 4 is 11.7 Å². The molecule has 0 saturated heterocycles. The normalized spacial score (nSPS) is 10.8. The zero-order valence-corrected chi connectivity index (χ0v) is 14.0. The molecule has 0 radical (unpaired) electrons. The molecule has 0 spiro atoms. The lowest BCUT2D eigenvalue weighted by molar-refractivity contribution is -0.0501. The van der Waals surface area contributed by atoms with Gasteiger partial charge < -0.3 is 10.1 Å². The van der Waals surface area contributed by atoms with Gasteiger partial charge in [-0.15, -0.1) is 0 Å². The Morgan fingerprint density at radius 3 is 2.62 bits per heavy atom. The lowest BCUT2D eigenvalue weighted by Gasteiger charge is -2.09. The summed E-state index contributed by atoms with van der Waals surface area (Å²) in [6, 6.07) is 15.5. The fourth-order valence-electron chi connectivity index (χ4n) is 2.43. The van der Waals surface area contributed by atoms with Gasteiger partial charge in [0, 0.05) is 12.3 Å². The number of amides is 1. The first-order valence-corrected chi connectivity index (χ1v) is 7.95. The number of halogens is 2. The zero-order chi connectivity index (χ0) is 18.5. The maximum absolute atomic E-state index is 12.5. The van der Waals surface area contributed by atoms with E-state index in [1.54, 1.807) is 23.0 Å². The summed E-state index contributed by atoms with van der Waals surface area (Å²) in [5, 5.41) is 6.87. The lowest BCUT2D eigenvalue weighted by atomic mass is 10.1. The number of alkyl halides is 2. The predicted octanol–water partition coefficient (Wildman–Crippen LogP) is 4.09. The molecule has 5 nitrogen and oxygen atoms in total. The summed E-state index contributed by atoms with van der Waals surface area (Å²) in [4.78, 5) is 12.3. The molecule has 0 aliphatic heterocycles. The molecule has 0 saturated carbocycles. The third kappa shape index (κ3) is 4.44. The highest BCUT2D eigenvalue weighted by molar-refractivity contribution is 6.05. The summed E-state index contributed by atoms with van der Waals surface area (Å²) in [7, 11) is 0. The number of carbonyl (C=O) groups is 1. The minimum Gasteiger partial charge on any atom is -0.434 e. The molecule has 134 valence electrons. The van der Waals surface area contributed by atoms with Gasteiger partial charge >= 0.3 is 6.61 Å². The van der Waals surface area contributed by atoms with Crippen molar-refractivity contribution in [2.75, 3.05) is 5.32 Å². The van der Waals surface area contributed by atoms with Crippen LogP contribution in [0, 0.1) is 6.92 Å². The van der Waals surface area contributed by atoms with Gasteiger partial charge in [0.05, 0.1) is 12.1 Å². The van der Waals surface area contributed by atoms with Crippen LogP contribution in [0.4, 0.5) is 14.6 Å². The van der Waals surface area contributed by atoms with Gasteiger partial charge in [-0.1, -0.05) is 42.0 Å². The van der Waals surface area contributed by atoms with Gasteiger partial charge in [0.15, 0.2) is 5.82 Å². The Bertz CT molecular complexity index is 892. The molecule has 0 atom stereocenters. The third-order valence-electron chi connectivity index (χ3n) is 3.70. The zero-order valence-electron chi connectivity index (χ0n) is 14.0. The van der Waals surface area contributed by atoms with E-state index in [1.807, 2.05) is 31.2 Å². The number of ether oxygens (including phenoxy) is 1. The molecule has 3 rings (SSSR count). The van der Waals surface area contributed by atoms with Crippen molar-refractivity contribution < 1.29 is 18.3 Å². The van der Waals surface area contributed by atoms with E-state index in [0.717, 1.165) is 5.56 Å². The molecule has 1 amide bonds. The second-order valence-corrected chi connectivity index (χ2v) is 5.71. The van der Waals surface area contributed by atoms with Gasteiger partial charge in [0.1, 0.15) is 5.75 Å². The lowest BCUT2D eigenvalue weighted by Crippen LogP contribution is -2.15. The van der Waals surface area contributed by atoms with Gasteiger partial charge in [-0.25, -0.2) is 0 Å². The highest BCUT2D eigenvalue weighted by Crippen LogP contribution is 2.21. The summed E-state index contributed by atoms with van der Waals surface area (Å²) >= 11 is 0. The highest BCUT2D eigenvalue weighted by atomic mass is 19.3. The molecule has 0 bridgehead atoms. The van der Waals surface area contributed by atoms with E-state index in [1.165, 1.54) is 23.8 Å². The van der Waals surface area contributed by atoms with E-state index in [2.05, 4.69) is 15.2 Å². The molecular formula is C19H17F2N3O2. The number of aryl methyl sites for hydroxylation is 1. The summed E-state index contributed by atoms with van der Waals surface area (Å²) in [6.07, 6.45) is 1.73. The molecule has 1 N–H and O–H groups in total. The van der Waals surface area contributed by atoms with Crippen LogP contribution in [0.15, 0.2) is 60.8 Å². The number of nitrogens with zero attached hydrogens (tertiary/aromatic N) is 2. The fourth-order valence-corrected chi connectivity index (χ4v) is 2.43. The Morgan fingerprint density at radius 2 is 1.88 bits per heavy atom. The van der Waals surface area contributed by atoms with Crippen molar-refractivity contribution in [1.29, 1.82) is 0 Å². The minimum absolute atomic E-state index is 0.0147. The number of carbonyl (C=O) groups excluding carboxylic acids is 1. The molecule has 2 aromatic carbocycles. The summed E-state index contributed by atoms with van der Waals surface area (Å²) in [5.41, 5.74) is 2.26. The number of para-hydroxylation sites is 1. The Morgan fingerprint density at radius 1 is 1.15 bits per heavy atom. The number of hydrogen-bond donors (Lipinski definition) is 1. The molecule has 7 heteroatoms. The van der Waals surface area contributed by atoms with E-state index in [0.29, 0.717) is 12.4 Å². The average Bonchev–Trinajstić information content (AvgIpc) is 3.04. The number of aromatic nitrogens is 2.